The summed E-state index contributed by atoms with van der Waals surface area (Å²) in [4.78, 5) is 27.5. The lowest BCUT2D eigenvalue weighted by Crippen LogP contribution is -2.42. The molecule has 0 aromatic heterocycles. The number of nitrogens with one attached hydrogen (secondary N) is 1. The zero-order chi connectivity index (χ0) is 17.0. The van der Waals surface area contributed by atoms with Crippen LogP contribution in [0.4, 0.5) is 5.69 Å². The molecule has 0 atom stereocenters. The molecule has 0 aliphatic carbocycles. The average molecular weight is 334 g/mol. The van der Waals surface area contributed by atoms with Crippen molar-refractivity contribution >= 4 is 29.3 Å². The van der Waals surface area contributed by atoms with Crippen molar-refractivity contribution in [2.45, 2.75) is 50.2 Å². The molecule has 1 aliphatic heterocycles. The molecule has 1 aromatic carbocycles. The smallest absolute Gasteiger partial charge is 0.240 e. The number of amides is 2. The molecule has 2 amide bonds. The lowest BCUT2D eigenvalue weighted by Gasteiger charge is -2.23. The Morgan fingerprint density at radius 1 is 1.35 bits per heavy atom. The van der Waals surface area contributed by atoms with Gasteiger partial charge in [-0.2, -0.15) is 0 Å². The molecule has 0 saturated carbocycles. The van der Waals surface area contributed by atoms with E-state index in [0.29, 0.717) is 18.9 Å². The standard InChI is InChI=1S/C18H26N2O2S/c1-13(2)9-10-19-16(21)12-20-14-7-5-6-8-15(14)23-18(3,4)11-17(20)22/h5-8,13H,9-12H2,1-4H3,(H,19,21). The van der Waals surface area contributed by atoms with Gasteiger partial charge < -0.3 is 10.2 Å². The fourth-order valence-corrected chi connectivity index (χ4v) is 3.79. The minimum Gasteiger partial charge on any atom is -0.355 e. The molecule has 1 aliphatic rings. The van der Waals surface area contributed by atoms with Crippen LogP contribution in [0.1, 0.15) is 40.5 Å². The van der Waals surface area contributed by atoms with E-state index in [4.69, 9.17) is 0 Å². The fourth-order valence-electron chi connectivity index (χ4n) is 2.57. The topological polar surface area (TPSA) is 49.4 Å². The van der Waals surface area contributed by atoms with Gasteiger partial charge in [0.1, 0.15) is 6.54 Å². The Hall–Kier alpha value is -1.49. The van der Waals surface area contributed by atoms with Crippen LogP contribution in [-0.4, -0.2) is 29.7 Å². The van der Waals surface area contributed by atoms with E-state index < -0.39 is 0 Å². The SMILES string of the molecule is CC(C)CCNC(=O)CN1C(=O)CC(C)(C)Sc2ccccc21. The second-order valence-corrected chi connectivity index (χ2v) is 8.77. The average Bonchev–Trinajstić information content (AvgIpc) is 2.52. The fraction of sp³-hybridized carbons (Fsp3) is 0.556. The van der Waals surface area contributed by atoms with E-state index >= 15 is 0 Å². The van der Waals surface area contributed by atoms with E-state index in [-0.39, 0.29) is 23.1 Å². The van der Waals surface area contributed by atoms with Gasteiger partial charge in [0.05, 0.1) is 5.69 Å². The van der Waals surface area contributed by atoms with Crippen LogP contribution < -0.4 is 10.2 Å². The maximum absolute atomic E-state index is 12.6. The van der Waals surface area contributed by atoms with E-state index in [9.17, 15) is 9.59 Å². The summed E-state index contributed by atoms with van der Waals surface area (Å²) in [5.41, 5.74) is 0.840. The molecule has 2 rings (SSSR count). The Balaban J connectivity index is 2.14. The summed E-state index contributed by atoms with van der Waals surface area (Å²) >= 11 is 1.70. The molecule has 5 heteroatoms. The number of rotatable bonds is 5. The van der Waals surface area contributed by atoms with E-state index in [0.717, 1.165) is 17.0 Å². The van der Waals surface area contributed by atoms with E-state index in [2.05, 4.69) is 33.0 Å². The van der Waals surface area contributed by atoms with E-state index in [1.807, 2.05) is 24.3 Å². The maximum atomic E-state index is 12.6. The number of benzene rings is 1. The van der Waals surface area contributed by atoms with Gasteiger partial charge in [0.25, 0.3) is 0 Å². The molecule has 0 fully saturated rings. The molecule has 1 aromatic rings. The third-order valence-corrected chi connectivity index (χ3v) is 5.03. The normalized spacial score (nSPS) is 16.9. The van der Waals surface area contributed by atoms with Crippen LogP contribution >= 0.6 is 11.8 Å². The molecule has 0 unspecified atom stereocenters. The maximum Gasteiger partial charge on any atom is 0.240 e. The molecule has 0 bridgehead atoms. The van der Waals surface area contributed by atoms with Crippen molar-refractivity contribution in [1.82, 2.24) is 5.32 Å². The molecule has 126 valence electrons. The zero-order valence-corrected chi connectivity index (χ0v) is 15.2. The third-order valence-electron chi connectivity index (χ3n) is 3.77. The molecule has 0 saturated heterocycles. The highest BCUT2D eigenvalue weighted by Crippen LogP contribution is 2.43. The van der Waals surface area contributed by atoms with Gasteiger partial charge in [0.15, 0.2) is 0 Å². The van der Waals surface area contributed by atoms with Gasteiger partial charge in [0.2, 0.25) is 11.8 Å². The van der Waals surface area contributed by atoms with Gasteiger partial charge in [-0.1, -0.05) is 26.0 Å². The van der Waals surface area contributed by atoms with Crippen LogP contribution in [0.3, 0.4) is 0 Å². The summed E-state index contributed by atoms with van der Waals surface area (Å²) in [5, 5.41) is 2.91. The molecule has 1 heterocycles. The van der Waals surface area contributed by atoms with Gasteiger partial charge in [-0.05, 0) is 38.3 Å². The Bertz CT molecular complexity index is 584. The summed E-state index contributed by atoms with van der Waals surface area (Å²) in [6.45, 7) is 9.13. The minimum atomic E-state index is -0.171. The number of hydrogen-bond acceptors (Lipinski definition) is 3. The Kier molecular flexibility index (Phi) is 5.74. The Labute approximate surface area is 143 Å². The molecular weight excluding hydrogens is 308 g/mol. The predicted octanol–water partition coefficient (Wildman–Crippen LogP) is 3.46. The zero-order valence-electron chi connectivity index (χ0n) is 14.4. The lowest BCUT2D eigenvalue weighted by atomic mass is 10.1. The summed E-state index contributed by atoms with van der Waals surface area (Å²) in [6, 6.07) is 7.82. The lowest BCUT2D eigenvalue weighted by molar-refractivity contribution is -0.124. The van der Waals surface area contributed by atoms with Crippen molar-refractivity contribution in [2.75, 3.05) is 18.0 Å². The molecular formula is C18H26N2O2S. The predicted molar refractivity (Wildman–Crippen MR) is 95.8 cm³/mol. The first kappa shape index (κ1) is 17.9. The number of thioether (sulfide) groups is 1. The van der Waals surface area contributed by atoms with Crippen molar-refractivity contribution in [1.29, 1.82) is 0 Å². The molecule has 1 N–H and O–H groups in total. The molecule has 23 heavy (non-hydrogen) atoms. The number of hydrogen-bond donors (Lipinski definition) is 1. The third kappa shape index (κ3) is 4.99. The Morgan fingerprint density at radius 3 is 2.74 bits per heavy atom. The number of carbonyl (C=O) groups is 2. The number of nitrogens with zero attached hydrogens (tertiary/aromatic N) is 1. The summed E-state index contributed by atoms with van der Waals surface area (Å²) < 4.78 is -0.171. The second-order valence-electron chi connectivity index (χ2n) is 7.02. The van der Waals surface area contributed by atoms with E-state index in [1.54, 1.807) is 16.7 Å². The van der Waals surface area contributed by atoms with Gasteiger partial charge in [0, 0.05) is 22.6 Å². The summed E-state index contributed by atoms with van der Waals surface area (Å²) in [5.74, 6) is 0.456. The van der Waals surface area contributed by atoms with Gasteiger partial charge in [-0.25, -0.2) is 0 Å². The van der Waals surface area contributed by atoms with Crippen LogP contribution in [0.5, 0.6) is 0 Å². The number of anilines is 1. The highest BCUT2D eigenvalue weighted by Gasteiger charge is 2.33. The number of carbonyl (C=O) groups excluding carboxylic acids is 2. The quantitative estimate of drug-likeness (QED) is 0.897. The van der Waals surface area contributed by atoms with Crippen LogP contribution in [0.2, 0.25) is 0 Å². The van der Waals surface area contributed by atoms with Crippen molar-refractivity contribution in [2.24, 2.45) is 5.92 Å². The highest BCUT2D eigenvalue weighted by molar-refractivity contribution is 8.00. The van der Waals surface area contributed by atoms with E-state index in [1.165, 1.54) is 0 Å². The summed E-state index contributed by atoms with van der Waals surface area (Å²) in [6.07, 6.45) is 1.37. The largest absolute Gasteiger partial charge is 0.355 e. The monoisotopic (exact) mass is 334 g/mol. The van der Waals surface area contributed by atoms with Crippen LogP contribution in [0.25, 0.3) is 0 Å². The van der Waals surface area contributed by atoms with Crippen molar-refractivity contribution in [3.8, 4) is 0 Å². The Morgan fingerprint density at radius 2 is 2.04 bits per heavy atom. The number of para-hydroxylation sites is 1. The first-order valence-corrected chi connectivity index (χ1v) is 8.95. The molecule has 4 nitrogen and oxygen atoms in total. The number of fused-ring (bicyclic) bond motifs is 1. The van der Waals surface area contributed by atoms with Gasteiger partial charge in [-0.3, -0.25) is 9.59 Å². The van der Waals surface area contributed by atoms with Crippen molar-refractivity contribution < 1.29 is 9.59 Å². The second kappa shape index (κ2) is 7.39. The first-order chi connectivity index (χ1) is 10.8. The van der Waals surface area contributed by atoms with Crippen LogP contribution in [-0.2, 0) is 9.59 Å². The van der Waals surface area contributed by atoms with Crippen molar-refractivity contribution in [3.63, 3.8) is 0 Å². The molecule has 0 radical (unpaired) electrons. The highest BCUT2D eigenvalue weighted by atomic mass is 32.2. The van der Waals surface area contributed by atoms with Crippen molar-refractivity contribution in [3.05, 3.63) is 24.3 Å². The van der Waals surface area contributed by atoms with Crippen LogP contribution in [0.15, 0.2) is 29.2 Å². The summed E-state index contributed by atoms with van der Waals surface area (Å²) in [7, 11) is 0. The first-order valence-electron chi connectivity index (χ1n) is 8.13. The minimum absolute atomic E-state index is 0.00598. The van der Waals surface area contributed by atoms with Gasteiger partial charge >= 0.3 is 0 Å². The molecule has 0 spiro atoms. The van der Waals surface area contributed by atoms with Gasteiger partial charge in [-0.15, -0.1) is 11.8 Å². The van der Waals surface area contributed by atoms with Crippen LogP contribution in [0, 0.1) is 5.92 Å².